The lowest BCUT2D eigenvalue weighted by Crippen LogP contribution is -2.41. The number of nitrogens with one attached hydrogen (secondary N) is 1. The molecular weight excluding hydrogens is 330 g/mol. The number of carbonyl (C=O) groups excluding carboxylic acids is 2. The molecule has 1 saturated carbocycles. The van der Waals surface area contributed by atoms with Crippen molar-refractivity contribution in [1.82, 2.24) is 10.1 Å². The minimum Gasteiger partial charge on any atom is -0.360 e. The van der Waals surface area contributed by atoms with Gasteiger partial charge in [0, 0.05) is 12.6 Å². The van der Waals surface area contributed by atoms with Gasteiger partial charge in [0.1, 0.15) is 5.76 Å². The molecule has 1 aromatic heterocycles. The van der Waals surface area contributed by atoms with Crippen molar-refractivity contribution in [2.75, 3.05) is 18.4 Å². The molecular formula is C20H25N3O3. The van der Waals surface area contributed by atoms with Gasteiger partial charge in [-0.05, 0) is 37.7 Å². The van der Waals surface area contributed by atoms with E-state index in [0.29, 0.717) is 30.5 Å². The molecule has 0 saturated heterocycles. The van der Waals surface area contributed by atoms with Crippen LogP contribution in [0.2, 0.25) is 0 Å². The second-order valence-corrected chi connectivity index (χ2v) is 6.90. The topological polar surface area (TPSA) is 75.4 Å². The van der Waals surface area contributed by atoms with Crippen molar-refractivity contribution in [3.05, 3.63) is 47.7 Å². The van der Waals surface area contributed by atoms with Gasteiger partial charge in [-0.15, -0.1) is 0 Å². The summed E-state index contributed by atoms with van der Waals surface area (Å²) in [5.74, 6) is 1.04. The SMILES string of the molecule is CC[C@@H](C(=O)N(CC(=O)Nc1cc(C)on1)CC1CC1)c1ccccc1. The highest BCUT2D eigenvalue weighted by Gasteiger charge is 2.31. The first kappa shape index (κ1) is 18.2. The minimum atomic E-state index is -0.254. The van der Waals surface area contributed by atoms with Crippen LogP contribution in [0.15, 0.2) is 40.9 Å². The number of anilines is 1. The highest BCUT2D eigenvalue weighted by atomic mass is 16.5. The van der Waals surface area contributed by atoms with Crippen LogP contribution in [0.1, 0.15) is 43.4 Å². The number of rotatable bonds is 8. The molecule has 0 bridgehead atoms. The van der Waals surface area contributed by atoms with Crippen molar-refractivity contribution in [3.63, 3.8) is 0 Å². The normalized spacial score (nSPS) is 14.7. The van der Waals surface area contributed by atoms with Crippen LogP contribution in [0, 0.1) is 12.8 Å². The highest BCUT2D eigenvalue weighted by Crippen LogP contribution is 2.31. The molecule has 1 aliphatic rings. The molecule has 2 aromatic rings. The summed E-state index contributed by atoms with van der Waals surface area (Å²) in [6.07, 6.45) is 2.94. The van der Waals surface area contributed by atoms with Gasteiger partial charge in [0.05, 0.1) is 12.5 Å². The fourth-order valence-corrected chi connectivity index (χ4v) is 3.08. The lowest BCUT2D eigenvalue weighted by atomic mass is 9.95. The molecule has 0 unspecified atom stereocenters. The van der Waals surface area contributed by atoms with E-state index in [1.54, 1.807) is 17.9 Å². The molecule has 0 aliphatic heterocycles. The van der Waals surface area contributed by atoms with Crippen molar-refractivity contribution in [1.29, 1.82) is 0 Å². The number of amides is 2. The molecule has 138 valence electrons. The quantitative estimate of drug-likeness (QED) is 0.788. The van der Waals surface area contributed by atoms with Gasteiger partial charge >= 0.3 is 0 Å². The van der Waals surface area contributed by atoms with E-state index in [-0.39, 0.29) is 24.3 Å². The van der Waals surface area contributed by atoms with Crippen molar-refractivity contribution in [2.24, 2.45) is 5.92 Å². The third kappa shape index (κ3) is 4.71. The molecule has 1 aliphatic carbocycles. The van der Waals surface area contributed by atoms with Gasteiger partial charge in [-0.3, -0.25) is 9.59 Å². The van der Waals surface area contributed by atoms with Gasteiger partial charge in [-0.2, -0.15) is 0 Å². The van der Waals surface area contributed by atoms with E-state index in [1.165, 1.54) is 0 Å². The van der Waals surface area contributed by atoms with Gasteiger partial charge < -0.3 is 14.7 Å². The van der Waals surface area contributed by atoms with Crippen LogP contribution in [-0.4, -0.2) is 35.0 Å². The van der Waals surface area contributed by atoms with E-state index in [4.69, 9.17) is 4.52 Å². The second-order valence-electron chi connectivity index (χ2n) is 6.90. The number of aromatic nitrogens is 1. The van der Waals surface area contributed by atoms with Crippen LogP contribution in [0.3, 0.4) is 0 Å². The van der Waals surface area contributed by atoms with Gasteiger partial charge in [0.2, 0.25) is 11.8 Å². The summed E-state index contributed by atoms with van der Waals surface area (Å²) < 4.78 is 4.96. The Morgan fingerprint density at radius 3 is 2.62 bits per heavy atom. The average Bonchev–Trinajstić information content (AvgIpc) is 3.36. The predicted octanol–water partition coefficient (Wildman–Crippen LogP) is 3.35. The molecule has 6 heteroatoms. The molecule has 1 fully saturated rings. The Morgan fingerprint density at radius 1 is 1.31 bits per heavy atom. The molecule has 3 rings (SSSR count). The van der Waals surface area contributed by atoms with Crippen LogP contribution in [-0.2, 0) is 9.59 Å². The Balaban J connectivity index is 1.69. The zero-order valence-electron chi connectivity index (χ0n) is 15.3. The molecule has 1 heterocycles. The number of benzene rings is 1. The maximum Gasteiger partial charge on any atom is 0.245 e. The number of hydrogen-bond acceptors (Lipinski definition) is 4. The minimum absolute atomic E-state index is 0.0112. The first-order valence-corrected chi connectivity index (χ1v) is 9.13. The zero-order chi connectivity index (χ0) is 18.5. The van der Waals surface area contributed by atoms with Gasteiger partial charge in [-0.1, -0.05) is 42.4 Å². The molecule has 1 aromatic carbocycles. The molecule has 6 nitrogen and oxygen atoms in total. The van der Waals surface area contributed by atoms with Crippen molar-refractivity contribution >= 4 is 17.6 Å². The number of aryl methyl sites for hydroxylation is 1. The van der Waals surface area contributed by atoms with E-state index in [2.05, 4.69) is 10.5 Å². The Morgan fingerprint density at radius 2 is 2.04 bits per heavy atom. The van der Waals surface area contributed by atoms with Crippen LogP contribution in [0.4, 0.5) is 5.82 Å². The van der Waals surface area contributed by atoms with E-state index >= 15 is 0 Å². The van der Waals surface area contributed by atoms with E-state index in [0.717, 1.165) is 18.4 Å². The van der Waals surface area contributed by atoms with E-state index < -0.39 is 0 Å². The molecule has 1 N–H and O–H groups in total. The Bertz CT molecular complexity index is 753. The molecule has 1 atom stereocenters. The van der Waals surface area contributed by atoms with Crippen LogP contribution in [0.25, 0.3) is 0 Å². The highest BCUT2D eigenvalue weighted by molar-refractivity contribution is 5.95. The maximum atomic E-state index is 13.1. The van der Waals surface area contributed by atoms with Crippen LogP contribution < -0.4 is 5.32 Å². The lowest BCUT2D eigenvalue weighted by Gasteiger charge is -2.26. The Hall–Kier alpha value is -2.63. The summed E-state index contributed by atoms with van der Waals surface area (Å²) in [6.45, 7) is 4.43. The summed E-state index contributed by atoms with van der Waals surface area (Å²) in [6, 6.07) is 11.4. The summed E-state index contributed by atoms with van der Waals surface area (Å²) in [4.78, 5) is 27.2. The Kier molecular flexibility index (Phi) is 5.71. The summed E-state index contributed by atoms with van der Waals surface area (Å²) in [5.41, 5.74) is 0.994. The predicted molar refractivity (Wildman–Crippen MR) is 98.6 cm³/mol. The third-order valence-corrected chi connectivity index (χ3v) is 4.63. The Labute approximate surface area is 153 Å². The first-order valence-electron chi connectivity index (χ1n) is 9.13. The van der Waals surface area contributed by atoms with Crippen LogP contribution in [0.5, 0.6) is 0 Å². The second kappa shape index (κ2) is 8.17. The lowest BCUT2D eigenvalue weighted by molar-refractivity contribution is -0.136. The average molecular weight is 355 g/mol. The fraction of sp³-hybridized carbons (Fsp3) is 0.450. The number of carbonyl (C=O) groups is 2. The van der Waals surface area contributed by atoms with Gasteiger partial charge in [0.15, 0.2) is 5.82 Å². The van der Waals surface area contributed by atoms with Crippen molar-refractivity contribution in [2.45, 2.75) is 39.0 Å². The largest absolute Gasteiger partial charge is 0.360 e. The fourth-order valence-electron chi connectivity index (χ4n) is 3.08. The first-order chi connectivity index (χ1) is 12.6. The molecule has 26 heavy (non-hydrogen) atoms. The zero-order valence-corrected chi connectivity index (χ0v) is 15.3. The smallest absolute Gasteiger partial charge is 0.245 e. The maximum absolute atomic E-state index is 13.1. The van der Waals surface area contributed by atoms with Gasteiger partial charge in [0.25, 0.3) is 0 Å². The monoisotopic (exact) mass is 355 g/mol. The van der Waals surface area contributed by atoms with E-state index in [1.807, 2.05) is 37.3 Å². The number of nitrogens with zero attached hydrogens (tertiary/aromatic N) is 2. The standard InChI is InChI=1S/C20H25N3O3/c1-3-17(16-7-5-4-6-8-16)20(25)23(12-15-9-10-15)13-19(24)21-18-11-14(2)26-22-18/h4-8,11,15,17H,3,9-10,12-13H2,1-2H3,(H,21,22,24)/t17-/m1/s1. The van der Waals surface area contributed by atoms with E-state index in [9.17, 15) is 9.59 Å². The molecule has 0 spiro atoms. The van der Waals surface area contributed by atoms with Crippen molar-refractivity contribution in [3.8, 4) is 0 Å². The summed E-state index contributed by atoms with van der Waals surface area (Å²) >= 11 is 0. The van der Waals surface area contributed by atoms with Gasteiger partial charge in [-0.25, -0.2) is 0 Å². The van der Waals surface area contributed by atoms with Crippen molar-refractivity contribution < 1.29 is 14.1 Å². The molecule has 2 amide bonds. The van der Waals surface area contributed by atoms with Crippen LogP contribution >= 0.6 is 0 Å². The summed E-state index contributed by atoms with van der Waals surface area (Å²) in [5, 5.41) is 6.47. The number of hydrogen-bond donors (Lipinski definition) is 1. The third-order valence-electron chi connectivity index (χ3n) is 4.63. The molecule has 0 radical (unpaired) electrons. The summed E-state index contributed by atoms with van der Waals surface area (Å²) in [7, 11) is 0.